The van der Waals surface area contributed by atoms with Gasteiger partial charge in [-0.25, -0.2) is 22.0 Å². The number of halogens is 1. The fourth-order valence-electron chi connectivity index (χ4n) is 2.54. The van der Waals surface area contributed by atoms with Crippen LogP contribution < -0.4 is 15.2 Å². The average molecular weight is 426 g/mol. The first-order valence-electron chi connectivity index (χ1n) is 7.85. The van der Waals surface area contributed by atoms with Crippen LogP contribution >= 0.6 is 11.6 Å². The van der Waals surface area contributed by atoms with Crippen LogP contribution in [0.15, 0.2) is 21.9 Å². The number of rotatable bonds is 7. The molecule has 12 heteroatoms. The Kier molecular flexibility index (Phi) is 6.51. The molecule has 0 saturated heterocycles. The van der Waals surface area contributed by atoms with Gasteiger partial charge in [0.05, 0.1) is 23.5 Å². The van der Waals surface area contributed by atoms with Crippen molar-refractivity contribution in [3.63, 3.8) is 0 Å². The minimum atomic E-state index is -4.16. The molecule has 1 aliphatic rings. The van der Waals surface area contributed by atoms with E-state index in [0.29, 0.717) is 25.9 Å². The molecule has 1 aromatic rings. The van der Waals surface area contributed by atoms with Crippen LogP contribution in [0, 0.1) is 0 Å². The van der Waals surface area contributed by atoms with Gasteiger partial charge in [0.15, 0.2) is 0 Å². The molecule has 0 radical (unpaired) electrons. The predicted octanol–water partition coefficient (Wildman–Crippen LogP) is 1.14. The molecule has 0 fully saturated rings. The first-order valence-corrected chi connectivity index (χ1v) is 11.3. The SMILES string of the molecule is CCOC(=O)CCCCC1Nc2cc(Cl)c(S(N)(=O)=O)cc2S(=O)(=O)N1. The van der Waals surface area contributed by atoms with Crippen molar-refractivity contribution < 1.29 is 26.4 Å². The second-order valence-corrected chi connectivity index (χ2v) is 9.31. The number of nitrogens with one attached hydrogen (secondary N) is 2. The van der Waals surface area contributed by atoms with Crippen molar-refractivity contribution in [2.24, 2.45) is 5.14 Å². The molecule has 1 aromatic carbocycles. The summed E-state index contributed by atoms with van der Waals surface area (Å²) in [5, 5.41) is 7.84. The van der Waals surface area contributed by atoms with E-state index in [-0.39, 0.29) is 28.0 Å². The number of fused-ring (bicyclic) bond motifs is 1. The lowest BCUT2D eigenvalue weighted by Crippen LogP contribution is -2.44. The van der Waals surface area contributed by atoms with Crippen molar-refractivity contribution in [1.29, 1.82) is 0 Å². The highest BCUT2D eigenvalue weighted by atomic mass is 35.5. The largest absolute Gasteiger partial charge is 0.466 e. The van der Waals surface area contributed by atoms with Crippen LogP contribution in [0.5, 0.6) is 0 Å². The Bertz CT molecular complexity index is 902. The number of hydrogen-bond donors (Lipinski definition) is 3. The van der Waals surface area contributed by atoms with Crippen LogP contribution in [0.3, 0.4) is 0 Å². The van der Waals surface area contributed by atoms with Crippen LogP contribution in [0.2, 0.25) is 5.02 Å². The number of anilines is 1. The maximum atomic E-state index is 12.4. The molecule has 1 atom stereocenters. The molecule has 26 heavy (non-hydrogen) atoms. The monoisotopic (exact) mass is 425 g/mol. The van der Waals surface area contributed by atoms with Gasteiger partial charge in [-0.3, -0.25) is 4.79 Å². The van der Waals surface area contributed by atoms with Crippen LogP contribution in [0.1, 0.15) is 32.6 Å². The number of carbonyl (C=O) groups excluding carboxylic acids is 1. The van der Waals surface area contributed by atoms with E-state index in [0.717, 1.165) is 6.07 Å². The van der Waals surface area contributed by atoms with Crippen LogP contribution in [0.25, 0.3) is 0 Å². The zero-order chi connectivity index (χ0) is 19.5. The van der Waals surface area contributed by atoms with E-state index in [9.17, 15) is 21.6 Å². The third-order valence-corrected chi connectivity index (χ3v) is 6.57. The summed E-state index contributed by atoms with van der Waals surface area (Å²) in [5.41, 5.74) is 0.191. The first kappa shape index (κ1) is 20.9. The number of nitrogens with two attached hydrogens (primary N) is 1. The van der Waals surface area contributed by atoms with Gasteiger partial charge < -0.3 is 10.1 Å². The van der Waals surface area contributed by atoms with Crippen molar-refractivity contribution in [2.45, 2.75) is 48.6 Å². The molecule has 9 nitrogen and oxygen atoms in total. The second-order valence-electron chi connectivity index (χ2n) is 5.69. The van der Waals surface area contributed by atoms with Crippen LogP contribution in [0.4, 0.5) is 5.69 Å². The van der Waals surface area contributed by atoms with Crippen molar-refractivity contribution in [1.82, 2.24) is 4.72 Å². The van der Waals surface area contributed by atoms with Crippen molar-refractivity contribution in [3.8, 4) is 0 Å². The lowest BCUT2D eigenvalue weighted by atomic mass is 10.1. The topological polar surface area (TPSA) is 145 Å². The zero-order valence-electron chi connectivity index (χ0n) is 14.0. The Morgan fingerprint density at radius 1 is 1.35 bits per heavy atom. The van der Waals surface area contributed by atoms with Crippen LogP contribution in [-0.2, 0) is 29.6 Å². The average Bonchev–Trinajstić information content (AvgIpc) is 2.49. The summed E-state index contributed by atoms with van der Waals surface area (Å²) in [6.45, 7) is 2.05. The molecule has 1 unspecified atom stereocenters. The minimum absolute atomic E-state index is 0.170. The number of unbranched alkanes of at least 4 members (excludes halogenated alkanes) is 1. The number of hydrogen-bond acceptors (Lipinski definition) is 7. The van der Waals surface area contributed by atoms with Gasteiger partial charge in [-0.1, -0.05) is 11.6 Å². The molecule has 146 valence electrons. The zero-order valence-corrected chi connectivity index (χ0v) is 16.4. The van der Waals surface area contributed by atoms with Gasteiger partial charge in [-0.2, -0.15) is 4.72 Å². The molecule has 1 aliphatic heterocycles. The number of sulfonamides is 2. The molecular formula is C14H20ClN3O6S2. The van der Waals surface area contributed by atoms with E-state index in [1.165, 1.54) is 6.07 Å². The summed E-state index contributed by atoms with van der Waals surface area (Å²) < 4.78 is 55.1. The van der Waals surface area contributed by atoms with Crippen molar-refractivity contribution in [2.75, 3.05) is 11.9 Å². The summed E-state index contributed by atoms with van der Waals surface area (Å²) in [4.78, 5) is 10.6. The Morgan fingerprint density at radius 3 is 2.65 bits per heavy atom. The normalized spacial score (nSPS) is 18.7. The molecule has 0 aliphatic carbocycles. The second kappa shape index (κ2) is 8.09. The molecule has 1 heterocycles. The van der Waals surface area contributed by atoms with Crippen molar-refractivity contribution >= 4 is 43.3 Å². The van der Waals surface area contributed by atoms with E-state index >= 15 is 0 Å². The summed E-state index contributed by atoms with van der Waals surface area (Å²) in [6.07, 6.45) is 1.21. The Balaban J connectivity index is 2.11. The molecule has 0 amide bonds. The lowest BCUT2D eigenvalue weighted by molar-refractivity contribution is -0.143. The number of benzene rings is 1. The quantitative estimate of drug-likeness (QED) is 0.438. The molecule has 0 bridgehead atoms. The minimum Gasteiger partial charge on any atom is -0.466 e. The van der Waals surface area contributed by atoms with Crippen LogP contribution in [-0.4, -0.2) is 35.6 Å². The Morgan fingerprint density at radius 2 is 2.04 bits per heavy atom. The third kappa shape index (κ3) is 5.07. The van der Waals surface area contributed by atoms with Gasteiger partial charge in [0.1, 0.15) is 9.79 Å². The number of ether oxygens (including phenoxy) is 1. The maximum absolute atomic E-state index is 12.4. The van der Waals surface area contributed by atoms with Gasteiger partial charge in [0, 0.05) is 6.42 Å². The highest BCUT2D eigenvalue weighted by Crippen LogP contribution is 2.34. The predicted molar refractivity (Wildman–Crippen MR) is 95.7 cm³/mol. The lowest BCUT2D eigenvalue weighted by Gasteiger charge is -2.28. The van der Waals surface area contributed by atoms with Gasteiger partial charge >= 0.3 is 5.97 Å². The fourth-order valence-corrected chi connectivity index (χ4v) is 5.07. The molecule has 2 rings (SSSR count). The smallest absolute Gasteiger partial charge is 0.305 e. The summed E-state index contributed by atoms with van der Waals surface area (Å²) in [5.74, 6) is -0.294. The van der Waals surface area contributed by atoms with Crippen molar-refractivity contribution in [3.05, 3.63) is 17.2 Å². The van der Waals surface area contributed by atoms with E-state index in [1.54, 1.807) is 6.92 Å². The van der Waals surface area contributed by atoms with E-state index in [2.05, 4.69) is 10.0 Å². The first-order chi connectivity index (χ1) is 12.0. The third-order valence-electron chi connectivity index (χ3n) is 3.69. The number of esters is 1. The Labute approximate surface area is 157 Å². The summed E-state index contributed by atoms with van der Waals surface area (Å²) in [6, 6.07) is 2.15. The molecular weight excluding hydrogens is 406 g/mol. The number of carbonyl (C=O) groups is 1. The van der Waals surface area contributed by atoms with Gasteiger partial charge in [0.25, 0.3) is 0 Å². The molecule has 4 N–H and O–H groups in total. The standard InChI is InChI=1S/C14H20ClN3O6S2/c1-2-24-14(19)6-4-3-5-13-17-10-7-9(15)11(25(16,20)21)8-12(10)26(22,23)18-13/h7-8,13,17-18H,2-6H2,1H3,(H2,16,20,21). The van der Waals surface area contributed by atoms with E-state index in [4.69, 9.17) is 21.5 Å². The van der Waals surface area contributed by atoms with E-state index in [1.807, 2.05) is 0 Å². The summed E-state index contributed by atoms with van der Waals surface area (Å²) >= 11 is 5.91. The van der Waals surface area contributed by atoms with Gasteiger partial charge in [-0.15, -0.1) is 0 Å². The number of primary sulfonamides is 1. The highest BCUT2D eigenvalue weighted by molar-refractivity contribution is 7.90. The Hall–Kier alpha value is -1.40. The van der Waals surface area contributed by atoms with Gasteiger partial charge in [-0.05, 0) is 38.3 Å². The highest BCUT2D eigenvalue weighted by Gasteiger charge is 2.31. The van der Waals surface area contributed by atoms with E-state index < -0.39 is 31.1 Å². The molecule has 0 spiro atoms. The van der Waals surface area contributed by atoms with Gasteiger partial charge in [0.2, 0.25) is 20.0 Å². The molecule has 0 aromatic heterocycles. The fraction of sp³-hybridized carbons (Fsp3) is 0.500. The molecule has 0 saturated carbocycles. The maximum Gasteiger partial charge on any atom is 0.305 e. The summed E-state index contributed by atoms with van der Waals surface area (Å²) in [7, 11) is -8.09.